The summed E-state index contributed by atoms with van der Waals surface area (Å²) in [5, 5.41) is 3.00. The number of hydrogen-bond acceptors (Lipinski definition) is 7. The third-order valence-corrected chi connectivity index (χ3v) is 6.76. The minimum atomic E-state index is -3.88. The molecule has 2 N–H and O–H groups in total. The van der Waals surface area contributed by atoms with Crippen molar-refractivity contribution in [1.82, 2.24) is 0 Å². The molecule has 0 aromatic heterocycles. The molecule has 10 heteroatoms. The molecule has 2 amide bonds. The summed E-state index contributed by atoms with van der Waals surface area (Å²) in [6, 6.07) is 18.4. The first kappa shape index (κ1) is 24.1. The second-order valence-corrected chi connectivity index (χ2v) is 9.44. The number of imide groups is 1. The fourth-order valence-corrected chi connectivity index (χ4v) is 4.81. The first-order valence-electron chi connectivity index (χ1n) is 10.9. The van der Waals surface area contributed by atoms with E-state index in [1.165, 1.54) is 19.2 Å². The van der Waals surface area contributed by atoms with Gasteiger partial charge in [-0.1, -0.05) is 6.07 Å². The number of nitrogens with zero attached hydrogens (tertiary/aromatic N) is 1. The number of hydrogen-bond donors (Lipinski definition) is 2. The van der Waals surface area contributed by atoms with Gasteiger partial charge < -0.3 is 14.8 Å². The summed E-state index contributed by atoms with van der Waals surface area (Å²) in [7, 11) is -2.36. The lowest BCUT2D eigenvalue weighted by Gasteiger charge is -2.17. The van der Waals surface area contributed by atoms with Gasteiger partial charge in [0, 0.05) is 11.4 Å². The van der Waals surface area contributed by atoms with Crippen LogP contribution in [0.3, 0.4) is 0 Å². The monoisotopic (exact) mass is 495 g/mol. The molecule has 3 aromatic carbocycles. The van der Waals surface area contributed by atoms with E-state index in [0.717, 1.165) is 4.90 Å². The van der Waals surface area contributed by atoms with E-state index in [0.29, 0.717) is 35.2 Å². The third-order valence-electron chi connectivity index (χ3n) is 5.38. The summed E-state index contributed by atoms with van der Waals surface area (Å²) < 4.78 is 38.7. The lowest BCUT2D eigenvalue weighted by atomic mass is 10.2. The minimum Gasteiger partial charge on any atom is -0.497 e. The maximum atomic E-state index is 13.0. The highest BCUT2D eigenvalue weighted by molar-refractivity contribution is 7.92. The lowest BCUT2D eigenvalue weighted by molar-refractivity contribution is -0.121. The number of methoxy groups -OCH3 is 1. The Hall–Kier alpha value is -4.05. The Morgan fingerprint density at radius 2 is 1.63 bits per heavy atom. The van der Waals surface area contributed by atoms with Crippen LogP contribution in [0.2, 0.25) is 0 Å². The Morgan fingerprint density at radius 3 is 2.29 bits per heavy atom. The summed E-state index contributed by atoms with van der Waals surface area (Å²) >= 11 is 0. The molecule has 1 unspecified atom stereocenters. The topological polar surface area (TPSA) is 114 Å². The summed E-state index contributed by atoms with van der Waals surface area (Å²) in [6.45, 7) is 2.38. The number of sulfonamides is 1. The largest absolute Gasteiger partial charge is 0.497 e. The van der Waals surface area contributed by atoms with Crippen molar-refractivity contribution in [2.24, 2.45) is 0 Å². The summed E-state index contributed by atoms with van der Waals surface area (Å²) in [5.74, 6) is 0.492. The molecular weight excluding hydrogens is 470 g/mol. The van der Waals surface area contributed by atoms with Crippen LogP contribution in [0.1, 0.15) is 13.3 Å². The molecule has 1 heterocycles. The molecular formula is C25H25N3O6S. The molecule has 1 atom stereocenters. The molecule has 0 saturated carbocycles. The van der Waals surface area contributed by atoms with Crippen molar-refractivity contribution in [3.8, 4) is 11.5 Å². The van der Waals surface area contributed by atoms with Crippen LogP contribution in [0.4, 0.5) is 17.1 Å². The van der Waals surface area contributed by atoms with Gasteiger partial charge in [-0.3, -0.25) is 14.3 Å². The van der Waals surface area contributed by atoms with Gasteiger partial charge in [0.1, 0.15) is 17.5 Å². The predicted molar refractivity (Wildman–Crippen MR) is 132 cm³/mol. The molecule has 182 valence electrons. The van der Waals surface area contributed by atoms with E-state index >= 15 is 0 Å². The van der Waals surface area contributed by atoms with Crippen LogP contribution < -0.4 is 24.4 Å². The summed E-state index contributed by atoms with van der Waals surface area (Å²) in [6.07, 6.45) is -0.0485. The standard InChI is InChI=1S/C25H25N3O6S/c1-3-34-21-13-9-19(10-14-21)28-24(29)16-23(25(28)30)26-18-5-4-6-22(15-18)35(31,32)27-17-7-11-20(33-2)12-8-17/h4-15,23,26-27H,3,16H2,1-2H3. The second kappa shape index (κ2) is 10.1. The van der Waals surface area contributed by atoms with Gasteiger partial charge in [0.15, 0.2) is 0 Å². The van der Waals surface area contributed by atoms with Gasteiger partial charge in [0.25, 0.3) is 15.9 Å². The maximum absolute atomic E-state index is 13.0. The van der Waals surface area contributed by atoms with E-state index in [9.17, 15) is 18.0 Å². The van der Waals surface area contributed by atoms with Gasteiger partial charge in [-0.15, -0.1) is 0 Å². The Morgan fingerprint density at radius 1 is 0.943 bits per heavy atom. The normalized spacial score (nSPS) is 15.7. The van der Waals surface area contributed by atoms with Gasteiger partial charge in [-0.05, 0) is 73.7 Å². The molecule has 0 bridgehead atoms. The molecule has 35 heavy (non-hydrogen) atoms. The van der Waals surface area contributed by atoms with Crippen LogP contribution in [-0.2, 0) is 19.6 Å². The van der Waals surface area contributed by atoms with Crippen LogP contribution in [0, 0.1) is 0 Å². The number of benzene rings is 3. The van der Waals surface area contributed by atoms with Crippen LogP contribution in [0.25, 0.3) is 0 Å². The molecule has 1 fully saturated rings. The first-order chi connectivity index (χ1) is 16.8. The van der Waals surface area contributed by atoms with Crippen molar-refractivity contribution in [1.29, 1.82) is 0 Å². The number of nitrogens with one attached hydrogen (secondary N) is 2. The van der Waals surface area contributed by atoms with Crippen molar-refractivity contribution in [2.75, 3.05) is 28.7 Å². The van der Waals surface area contributed by atoms with Crippen molar-refractivity contribution < 1.29 is 27.5 Å². The number of carbonyl (C=O) groups is 2. The van der Waals surface area contributed by atoms with Gasteiger partial charge >= 0.3 is 0 Å². The number of amides is 2. The van der Waals surface area contributed by atoms with Gasteiger partial charge in [-0.25, -0.2) is 13.3 Å². The van der Waals surface area contributed by atoms with Crippen LogP contribution in [0.5, 0.6) is 11.5 Å². The SMILES string of the molecule is CCOc1ccc(N2C(=O)CC(Nc3cccc(S(=O)(=O)Nc4ccc(OC)cc4)c3)C2=O)cc1. The van der Waals surface area contributed by atoms with Crippen molar-refractivity contribution in [3.05, 3.63) is 72.8 Å². The minimum absolute atomic E-state index is 0.0125. The molecule has 9 nitrogen and oxygen atoms in total. The van der Waals surface area contributed by atoms with E-state index < -0.39 is 22.0 Å². The predicted octanol–water partition coefficient (Wildman–Crippen LogP) is 3.64. The van der Waals surface area contributed by atoms with Crippen molar-refractivity contribution in [2.45, 2.75) is 24.3 Å². The zero-order valence-corrected chi connectivity index (χ0v) is 20.0. The molecule has 1 aliphatic heterocycles. The zero-order chi connectivity index (χ0) is 25.0. The van der Waals surface area contributed by atoms with E-state index in [-0.39, 0.29) is 17.2 Å². The highest BCUT2D eigenvalue weighted by atomic mass is 32.2. The Kier molecular flexibility index (Phi) is 6.92. The van der Waals surface area contributed by atoms with Gasteiger partial charge in [0.05, 0.1) is 30.7 Å². The maximum Gasteiger partial charge on any atom is 0.261 e. The molecule has 0 aliphatic carbocycles. The van der Waals surface area contributed by atoms with E-state index in [1.54, 1.807) is 60.7 Å². The average Bonchev–Trinajstić information content (AvgIpc) is 3.13. The number of anilines is 3. The van der Waals surface area contributed by atoms with E-state index in [4.69, 9.17) is 9.47 Å². The van der Waals surface area contributed by atoms with E-state index in [1.807, 2.05) is 6.92 Å². The summed E-state index contributed by atoms with van der Waals surface area (Å²) in [4.78, 5) is 26.7. The third kappa shape index (κ3) is 5.38. The molecule has 3 aromatic rings. The first-order valence-corrected chi connectivity index (χ1v) is 12.4. The quantitative estimate of drug-likeness (QED) is 0.436. The fourth-order valence-electron chi connectivity index (χ4n) is 3.70. The highest BCUT2D eigenvalue weighted by Gasteiger charge is 2.39. The van der Waals surface area contributed by atoms with Gasteiger partial charge in [-0.2, -0.15) is 0 Å². The van der Waals surface area contributed by atoms with Crippen molar-refractivity contribution in [3.63, 3.8) is 0 Å². The van der Waals surface area contributed by atoms with Crippen LogP contribution in [-0.4, -0.2) is 40.0 Å². The Labute approximate surface area is 203 Å². The molecule has 0 radical (unpaired) electrons. The number of carbonyl (C=O) groups excluding carboxylic acids is 2. The summed E-state index contributed by atoms with van der Waals surface area (Å²) in [5.41, 5.74) is 1.24. The van der Waals surface area contributed by atoms with Crippen LogP contribution in [0.15, 0.2) is 77.7 Å². The molecule has 4 rings (SSSR count). The van der Waals surface area contributed by atoms with Gasteiger partial charge in [0.2, 0.25) is 5.91 Å². The number of ether oxygens (including phenoxy) is 2. The Balaban J connectivity index is 1.48. The highest BCUT2D eigenvalue weighted by Crippen LogP contribution is 2.28. The zero-order valence-electron chi connectivity index (χ0n) is 19.2. The average molecular weight is 496 g/mol. The van der Waals surface area contributed by atoms with Crippen molar-refractivity contribution >= 4 is 38.9 Å². The number of rotatable bonds is 9. The van der Waals surface area contributed by atoms with Crippen LogP contribution >= 0.6 is 0 Å². The lowest BCUT2D eigenvalue weighted by Crippen LogP contribution is -2.34. The van der Waals surface area contributed by atoms with E-state index in [2.05, 4.69) is 10.0 Å². The molecule has 1 aliphatic rings. The molecule has 0 spiro atoms. The Bertz CT molecular complexity index is 1320. The second-order valence-electron chi connectivity index (χ2n) is 7.76. The fraction of sp³-hybridized carbons (Fsp3) is 0.200. The molecule has 1 saturated heterocycles. The smallest absolute Gasteiger partial charge is 0.261 e.